The highest BCUT2D eigenvalue weighted by Crippen LogP contribution is 2.28. The first-order valence-corrected chi connectivity index (χ1v) is 10.1. The third-order valence-corrected chi connectivity index (χ3v) is 5.77. The highest BCUT2D eigenvalue weighted by Gasteiger charge is 2.26. The van der Waals surface area contributed by atoms with E-state index in [1.165, 1.54) is 6.42 Å². The van der Waals surface area contributed by atoms with Crippen LogP contribution < -0.4 is 10.1 Å². The molecular formula is C20H28ClN3O3. The van der Waals surface area contributed by atoms with Gasteiger partial charge in [-0.15, -0.1) is 0 Å². The topological polar surface area (TPSA) is 61.9 Å². The van der Waals surface area contributed by atoms with Crippen molar-refractivity contribution in [3.63, 3.8) is 0 Å². The molecule has 0 spiro atoms. The van der Waals surface area contributed by atoms with Gasteiger partial charge in [-0.1, -0.05) is 11.6 Å². The fourth-order valence-electron chi connectivity index (χ4n) is 3.81. The lowest BCUT2D eigenvalue weighted by Gasteiger charge is -2.33. The van der Waals surface area contributed by atoms with Gasteiger partial charge in [0.2, 0.25) is 5.91 Å². The van der Waals surface area contributed by atoms with E-state index in [2.05, 4.69) is 5.32 Å². The Bertz CT molecular complexity index is 668. The number of piperidine rings is 2. The molecule has 2 fully saturated rings. The van der Waals surface area contributed by atoms with Crippen molar-refractivity contribution >= 4 is 29.2 Å². The third kappa shape index (κ3) is 5.28. The lowest BCUT2D eigenvalue weighted by Crippen LogP contribution is -2.42. The Labute approximate surface area is 165 Å². The molecule has 2 aliphatic heterocycles. The van der Waals surface area contributed by atoms with E-state index in [4.69, 9.17) is 16.3 Å². The molecular weight excluding hydrogens is 366 g/mol. The van der Waals surface area contributed by atoms with Gasteiger partial charge in [0.1, 0.15) is 5.75 Å². The minimum absolute atomic E-state index is 0.128. The van der Waals surface area contributed by atoms with Gasteiger partial charge < -0.3 is 19.9 Å². The number of benzene rings is 1. The smallest absolute Gasteiger partial charge is 0.321 e. The normalized spacial score (nSPS) is 18.3. The van der Waals surface area contributed by atoms with Gasteiger partial charge in [-0.25, -0.2) is 4.79 Å². The quantitative estimate of drug-likeness (QED) is 0.841. The molecule has 0 bridgehead atoms. The minimum atomic E-state index is -0.128. The van der Waals surface area contributed by atoms with Gasteiger partial charge in [-0.05, 0) is 56.2 Å². The summed E-state index contributed by atoms with van der Waals surface area (Å²) >= 11 is 6.10. The maximum Gasteiger partial charge on any atom is 0.321 e. The standard InChI is InChI=1S/C20H28ClN3O3/c1-27-18-6-5-16(14-17(18)21)22-20(26)24-11-7-15(8-12-24)13-19(25)23-9-3-2-4-10-23/h5-6,14-15H,2-4,7-13H2,1H3,(H,22,26). The van der Waals surface area contributed by atoms with Crippen LogP contribution in [-0.4, -0.2) is 55.0 Å². The zero-order valence-electron chi connectivity index (χ0n) is 15.9. The summed E-state index contributed by atoms with van der Waals surface area (Å²) in [7, 11) is 1.56. The summed E-state index contributed by atoms with van der Waals surface area (Å²) in [5.74, 6) is 1.23. The molecule has 148 valence electrons. The first kappa shape index (κ1) is 19.8. The van der Waals surface area contributed by atoms with Crippen LogP contribution >= 0.6 is 11.6 Å². The summed E-state index contributed by atoms with van der Waals surface area (Å²) in [5, 5.41) is 3.35. The second-order valence-electron chi connectivity index (χ2n) is 7.36. The van der Waals surface area contributed by atoms with Crippen LogP contribution in [0.3, 0.4) is 0 Å². The van der Waals surface area contributed by atoms with Crippen molar-refractivity contribution in [2.75, 3.05) is 38.6 Å². The average molecular weight is 394 g/mol. The lowest BCUT2D eigenvalue weighted by atomic mass is 9.93. The van der Waals surface area contributed by atoms with Crippen molar-refractivity contribution < 1.29 is 14.3 Å². The van der Waals surface area contributed by atoms with Crippen LogP contribution in [0.1, 0.15) is 38.5 Å². The van der Waals surface area contributed by atoms with Crippen LogP contribution in [-0.2, 0) is 4.79 Å². The first-order chi connectivity index (χ1) is 13.1. The maximum atomic E-state index is 12.5. The number of hydrogen-bond donors (Lipinski definition) is 1. The predicted molar refractivity (Wildman–Crippen MR) is 106 cm³/mol. The number of carbonyl (C=O) groups excluding carboxylic acids is 2. The van der Waals surface area contributed by atoms with Crippen LogP contribution in [0, 0.1) is 5.92 Å². The highest BCUT2D eigenvalue weighted by atomic mass is 35.5. The number of anilines is 1. The van der Waals surface area contributed by atoms with E-state index in [9.17, 15) is 9.59 Å². The molecule has 1 aromatic rings. The largest absolute Gasteiger partial charge is 0.495 e. The third-order valence-electron chi connectivity index (χ3n) is 5.48. The van der Waals surface area contributed by atoms with Crippen molar-refractivity contribution in [1.82, 2.24) is 9.80 Å². The number of ether oxygens (including phenoxy) is 1. The fraction of sp³-hybridized carbons (Fsp3) is 0.600. The summed E-state index contributed by atoms with van der Waals surface area (Å²) < 4.78 is 5.12. The molecule has 1 N–H and O–H groups in total. The zero-order chi connectivity index (χ0) is 19.2. The Hall–Kier alpha value is -1.95. The van der Waals surface area contributed by atoms with E-state index in [0.29, 0.717) is 41.9 Å². The predicted octanol–water partition coefficient (Wildman–Crippen LogP) is 4.00. The highest BCUT2D eigenvalue weighted by molar-refractivity contribution is 6.32. The monoisotopic (exact) mass is 393 g/mol. The SMILES string of the molecule is COc1ccc(NC(=O)N2CCC(CC(=O)N3CCCCC3)CC2)cc1Cl. The zero-order valence-corrected chi connectivity index (χ0v) is 16.6. The molecule has 0 radical (unpaired) electrons. The molecule has 2 saturated heterocycles. The minimum Gasteiger partial charge on any atom is -0.495 e. The molecule has 0 saturated carbocycles. The first-order valence-electron chi connectivity index (χ1n) is 9.74. The molecule has 1 aromatic carbocycles. The van der Waals surface area contributed by atoms with Gasteiger partial charge in [0, 0.05) is 38.3 Å². The van der Waals surface area contributed by atoms with Crippen LogP contribution in [0.15, 0.2) is 18.2 Å². The van der Waals surface area contributed by atoms with Gasteiger partial charge in [0.15, 0.2) is 0 Å². The second-order valence-corrected chi connectivity index (χ2v) is 7.76. The Morgan fingerprint density at radius 2 is 1.81 bits per heavy atom. The molecule has 0 atom stereocenters. The van der Waals surface area contributed by atoms with Crippen molar-refractivity contribution in [2.24, 2.45) is 5.92 Å². The van der Waals surface area contributed by atoms with Gasteiger partial charge in [0.05, 0.1) is 12.1 Å². The van der Waals surface area contributed by atoms with E-state index in [0.717, 1.165) is 38.8 Å². The Morgan fingerprint density at radius 1 is 1.11 bits per heavy atom. The lowest BCUT2D eigenvalue weighted by molar-refractivity contribution is -0.133. The number of urea groups is 1. The molecule has 0 aromatic heterocycles. The number of halogens is 1. The number of methoxy groups -OCH3 is 1. The van der Waals surface area contributed by atoms with Gasteiger partial charge >= 0.3 is 6.03 Å². The number of nitrogens with zero attached hydrogens (tertiary/aromatic N) is 2. The van der Waals surface area contributed by atoms with Crippen molar-refractivity contribution in [1.29, 1.82) is 0 Å². The van der Waals surface area contributed by atoms with E-state index in [1.54, 1.807) is 30.2 Å². The molecule has 3 rings (SSSR count). The summed E-state index contributed by atoms with van der Waals surface area (Å²) in [6, 6.07) is 5.06. The number of carbonyl (C=O) groups is 2. The number of hydrogen-bond acceptors (Lipinski definition) is 3. The van der Waals surface area contributed by atoms with Crippen LogP contribution in [0.25, 0.3) is 0 Å². The number of likely N-dealkylation sites (tertiary alicyclic amines) is 2. The van der Waals surface area contributed by atoms with Crippen molar-refractivity contribution in [3.05, 3.63) is 23.2 Å². The van der Waals surface area contributed by atoms with E-state index in [1.807, 2.05) is 4.90 Å². The van der Waals surface area contributed by atoms with E-state index >= 15 is 0 Å². The molecule has 3 amide bonds. The molecule has 7 heteroatoms. The van der Waals surface area contributed by atoms with Gasteiger partial charge in [-0.3, -0.25) is 4.79 Å². The van der Waals surface area contributed by atoms with Crippen LogP contribution in [0.5, 0.6) is 5.75 Å². The molecule has 6 nitrogen and oxygen atoms in total. The summed E-state index contributed by atoms with van der Waals surface area (Å²) in [6.07, 6.45) is 5.84. The van der Waals surface area contributed by atoms with E-state index < -0.39 is 0 Å². The number of nitrogens with one attached hydrogen (secondary N) is 1. The summed E-state index contributed by atoms with van der Waals surface area (Å²) in [4.78, 5) is 28.7. The van der Waals surface area contributed by atoms with Crippen LogP contribution in [0.4, 0.5) is 10.5 Å². The summed E-state index contributed by atoms with van der Waals surface area (Å²) in [6.45, 7) is 3.16. The number of amides is 3. The van der Waals surface area contributed by atoms with Crippen LogP contribution in [0.2, 0.25) is 5.02 Å². The Kier molecular flexibility index (Phi) is 6.83. The van der Waals surface area contributed by atoms with Gasteiger partial charge in [0.25, 0.3) is 0 Å². The van der Waals surface area contributed by atoms with Crippen molar-refractivity contribution in [2.45, 2.75) is 38.5 Å². The number of rotatable bonds is 4. The second kappa shape index (κ2) is 9.31. The Balaban J connectivity index is 1.45. The fourth-order valence-corrected chi connectivity index (χ4v) is 4.06. The summed E-state index contributed by atoms with van der Waals surface area (Å²) in [5.41, 5.74) is 0.646. The average Bonchev–Trinajstić information content (AvgIpc) is 2.69. The molecule has 2 aliphatic rings. The van der Waals surface area contributed by atoms with Gasteiger partial charge in [-0.2, -0.15) is 0 Å². The molecule has 2 heterocycles. The molecule has 27 heavy (non-hydrogen) atoms. The van der Waals surface area contributed by atoms with Crippen molar-refractivity contribution in [3.8, 4) is 5.75 Å². The molecule has 0 aliphatic carbocycles. The maximum absolute atomic E-state index is 12.5. The van der Waals surface area contributed by atoms with E-state index in [-0.39, 0.29) is 11.9 Å². The molecule has 0 unspecified atom stereocenters. The Morgan fingerprint density at radius 3 is 2.44 bits per heavy atom.